The van der Waals surface area contributed by atoms with E-state index in [2.05, 4.69) is 0 Å². The van der Waals surface area contributed by atoms with Crippen molar-refractivity contribution in [3.05, 3.63) is 143 Å². The van der Waals surface area contributed by atoms with Crippen molar-refractivity contribution in [2.24, 2.45) is 0 Å². The topological polar surface area (TPSA) is 105 Å². The van der Waals surface area contributed by atoms with Crippen LogP contribution in [0.15, 0.2) is 120 Å². The van der Waals surface area contributed by atoms with Gasteiger partial charge in [-0.05, 0) is 38.1 Å². The summed E-state index contributed by atoms with van der Waals surface area (Å²) in [5.74, 6) is -1.52. The van der Waals surface area contributed by atoms with Gasteiger partial charge in [0.05, 0.1) is 13.2 Å². The average molecular weight is 619 g/mol. The van der Waals surface area contributed by atoms with Crippen molar-refractivity contribution in [1.82, 2.24) is 0 Å². The van der Waals surface area contributed by atoms with E-state index in [-0.39, 0.29) is 37.6 Å². The number of para-hydroxylation sites is 2. The summed E-state index contributed by atoms with van der Waals surface area (Å²) in [7, 11) is 0. The second kappa shape index (κ2) is 16.9. The minimum absolute atomic E-state index is 0.109. The molecule has 0 radical (unpaired) electrons. The maximum atomic E-state index is 13.2. The summed E-state index contributed by atoms with van der Waals surface area (Å²) in [4.78, 5) is 52.0. The van der Waals surface area contributed by atoms with Crippen LogP contribution in [0.2, 0.25) is 0 Å². The van der Waals surface area contributed by atoms with E-state index in [4.69, 9.17) is 18.9 Å². The summed E-state index contributed by atoms with van der Waals surface area (Å²) in [6.07, 6.45) is 2.93. The number of ketones is 2. The van der Waals surface area contributed by atoms with Gasteiger partial charge in [-0.25, -0.2) is 9.59 Å². The highest BCUT2D eigenvalue weighted by Gasteiger charge is 2.23. The zero-order chi connectivity index (χ0) is 32.7. The summed E-state index contributed by atoms with van der Waals surface area (Å²) in [5.41, 5.74) is 1.50. The molecule has 4 aromatic carbocycles. The Labute approximate surface area is 267 Å². The van der Waals surface area contributed by atoms with Crippen molar-refractivity contribution < 1.29 is 38.1 Å². The van der Waals surface area contributed by atoms with Gasteiger partial charge in [0.15, 0.2) is 11.6 Å². The molecule has 0 amide bonds. The molecule has 0 aliphatic rings. The first-order valence-corrected chi connectivity index (χ1v) is 14.8. The lowest BCUT2D eigenvalue weighted by Gasteiger charge is -2.13. The molecule has 0 aliphatic carbocycles. The minimum atomic E-state index is -0.730. The maximum absolute atomic E-state index is 13.2. The first-order chi connectivity index (χ1) is 22.4. The monoisotopic (exact) mass is 618 g/mol. The van der Waals surface area contributed by atoms with Gasteiger partial charge in [-0.1, -0.05) is 97.1 Å². The van der Waals surface area contributed by atoms with E-state index in [9.17, 15) is 19.2 Å². The molecule has 8 heteroatoms. The normalized spacial score (nSPS) is 11.3. The largest absolute Gasteiger partial charge is 0.489 e. The van der Waals surface area contributed by atoms with E-state index in [0.29, 0.717) is 33.8 Å². The summed E-state index contributed by atoms with van der Waals surface area (Å²) in [5, 5.41) is 0. The van der Waals surface area contributed by atoms with Gasteiger partial charge >= 0.3 is 11.9 Å². The van der Waals surface area contributed by atoms with Crippen molar-refractivity contribution >= 4 is 35.7 Å². The Morgan fingerprint density at radius 2 is 0.848 bits per heavy atom. The van der Waals surface area contributed by atoms with Gasteiger partial charge in [-0.3, -0.25) is 9.59 Å². The molecule has 0 aromatic heterocycles. The van der Waals surface area contributed by atoms with E-state index in [1.165, 1.54) is 12.2 Å². The van der Waals surface area contributed by atoms with Gasteiger partial charge in [-0.2, -0.15) is 0 Å². The van der Waals surface area contributed by atoms with Crippen LogP contribution in [-0.4, -0.2) is 49.9 Å². The molecule has 0 atom stereocenters. The number of rotatable bonds is 15. The number of ether oxygens (including phenoxy) is 4. The lowest BCUT2D eigenvalue weighted by molar-refractivity contribution is -0.138. The Hall–Kier alpha value is -5.76. The van der Waals surface area contributed by atoms with Crippen molar-refractivity contribution in [3.8, 4) is 11.5 Å². The summed E-state index contributed by atoms with van der Waals surface area (Å²) in [6.45, 7) is 3.80. The molecule has 234 valence electrons. The van der Waals surface area contributed by atoms with E-state index < -0.39 is 23.5 Å². The molecule has 0 N–H and O–H groups in total. The van der Waals surface area contributed by atoms with Gasteiger partial charge in [-0.15, -0.1) is 0 Å². The van der Waals surface area contributed by atoms with Crippen LogP contribution in [0, 0.1) is 0 Å². The van der Waals surface area contributed by atoms with E-state index in [0.717, 1.165) is 0 Å². The number of carbonyl (C=O) groups excluding carboxylic acids is 4. The molecule has 0 aliphatic heterocycles. The summed E-state index contributed by atoms with van der Waals surface area (Å²) in [6, 6.07) is 31.0. The molecule has 0 bridgehead atoms. The predicted octanol–water partition coefficient (Wildman–Crippen LogP) is 6.80. The first-order valence-electron chi connectivity index (χ1n) is 14.8. The van der Waals surface area contributed by atoms with E-state index in [1.807, 2.05) is 0 Å². The fourth-order valence-electron chi connectivity index (χ4n) is 4.42. The zero-order valence-electron chi connectivity index (χ0n) is 25.6. The molecule has 0 fully saturated rings. The molecule has 0 spiro atoms. The maximum Gasteiger partial charge on any atom is 0.342 e. The van der Waals surface area contributed by atoms with E-state index in [1.54, 1.807) is 123 Å². The molecule has 4 aromatic rings. The number of benzene rings is 4. The van der Waals surface area contributed by atoms with Crippen molar-refractivity contribution in [3.63, 3.8) is 0 Å². The third-order valence-corrected chi connectivity index (χ3v) is 6.59. The summed E-state index contributed by atoms with van der Waals surface area (Å²) >= 11 is 0. The molecule has 0 saturated carbocycles. The highest BCUT2D eigenvalue weighted by molar-refractivity contribution is 6.27. The van der Waals surface area contributed by atoms with Crippen LogP contribution in [0.5, 0.6) is 11.5 Å². The fraction of sp³-hybridized carbons (Fsp3) is 0.158. The second-order valence-corrected chi connectivity index (χ2v) is 9.72. The Balaban J connectivity index is 1.52. The molecular weight excluding hydrogens is 584 g/mol. The molecule has 0 unspecified atom stereocenters. The minimum Gasteiger partial charge on any atom is -0.489 e. The van der Waals surface area contributed by atoms with Gasteiger partial charge < -0.3 is 18.9 Å². The lowest BCUT2D eigenvalue weighted by Crippen LogP contribution is -2.16. The van der Waals surface area contributed by atoms with E-state index >= 15 is 0 Å². The smallest absolute Gasteiger partial charge is 0.342 e. The average Bonchev–Trinajstić information content (AvgIpc) is 3.09. The van der Waals surface area contributed by atoms with Gasteiger partial charge in [0.2, 0.25) is 0 Å². The van der Waals surface area contributed by atoms with Crippen LogP contribution in [0.4, 0.5) is 0 Å². The lowest BCUT2D eigenvalue weighted by atomic mass is 10.0. The Kier molecular flexibility index (Phi) is 12.2. The van der Waals surface area contributed by atoms with Crippen LogP contribution < -0.4 is 9.47 Å². The zero-order valence-corrected chi connectivity index (χ0v) is 25.6. The molecule has 8 nitrogen and oxygen atoms in total. The first kappa shape index (κ1) is 33.1. The molecule has 0 saturated heterocycles. The predicted molar refractivity (Wildman–Crippen MR) is 175 cm³/mol. The highest BCUT2D eigenvalue weighted by Crippen LogP contribution is 2.25. The number of esters is 2. The van der Waals surface area contributed by atoms with Crippen LogP contribution in [0.3, 0.4) is 0 Å². The van der Waals surface area contributed by atoms with Crippen LogP contribution in [0.1, 0.15) is 45.7 Å². The quantitative estimate of drug-likeness (QED) is 0.0358. The molecule has 4 rings (SSSR count). The van der Waals surface area contributed by atoms with Crippen molar-refractivity contribution in [2.45, 2.75) is 13.8 Å². The standard InChI is InChI=1S/C38H34O8/c1-3-43-37(41)31(35(39)27-15-7-5-8-16-27)25-29-19-11-13-21-33(29)45-23-24-46-34-22-14-12-20-30(34)26-32(38(42)44-4-2)36(40)28-17-9-6-10-18-28/h5-22,25-26H,3-4,23-24H2,1-2H3/b31-25+,32-26+. The highest BCUT2D eigenvalue weighted by atomic mass is 16.5. The Bertz CT molecular complexity index is 1590. The number of Topliss-reactive ketones (excluding diaryl/α,β-unsaturated/α-hetero) is 2. The SMILES string of the molecule is CCOC(=O)/C(=C/c1ccccc1OCCOc1ccccc1/C=C(/C(=O)OCC)C(=O)c1ccccc1)C(=O)c1ccccc1. The number of carbonyl (C=O) groups is 4. The van der Waals surface area contributed by atoms with Crippen LogP contribution >= 0.6 is 0 Å². The molecular formula is C38H34O8. The van der Waals surface area contributed by atoms with Crippen molar-refractivity contribution in [2.75, 3.05) is 26.4 Å². The molecule has 46 heavy (non-hydrogen) atoms. The second-order valence-electron chi connectivity index (χ2n) is 9.72. The number of hydrogen-bond donors (Lipinski definition) is 0. The Morgan fingerprint density at radius 3 is 1.22 bits per heavy atom. The van der Waals surface area contributed by atoms with Crippen molar-refractivity contribution in [1.29, 1.82) is 0 Å². The summed E-state index contributed by atoms with van der Waals surface area (Å²) < 4.78 is 22.3. The fourth-order valence-corrected chi connectivity index (χ4v) is 4.42. The third-order valence-electron chi connectivity index (χ3n) is 6.59. The van der Waals surface area contributed by atoms with Crippen LogP contribution in [-0.2, 0) is 19.1 Å². The van der Waals surface area contributed by atoms with Gasteiger partial charge in [0.1, 0.15) is 35.9 Å². The van der Waals surface area contributed by atoms with Gasteiger partial charge in [0, 0.05) is 22.3 Å². The van der Waals surface area contributed by atoms with Gasteiger partial charge in [0.25, 0.3) is 0 Å². The van der Waals surface area contributed by atoms with Crippen LogP contribution in [0.25, 0.3) is 12.2 Å². The molecule has 0 heterocycles. The number of hydrogen-bond acceptors (Lipinski definition) is 8. The third kappa shape index (κ3) is 8.89. The Morgan fingerprint density at radius 1 is 0.500 bits per heavy atom.